The van der Waals surface area contributed by atoms with E-state index in [1.165, 1.54) is 11.1 Å². The average molecular weight is 221 g/mol. The fraction of sp³-hybridized carbons (Fsp3) is 0.571. The second-order valence-corrected chi connectivity index (χ2v) is 5.63. The standard InChI is InChI=1S/C14H23NO/c1-9-7-6-8-11(10(9)2)12(15)13(16)14(3,4)5/h6-8,12-13,16H,15H2,1-5H3/t12-,13-/m0/s1. The van der Waals surface area contributed by atoms with E-state index in [-0.39, 0.29) is 11.5 Å². The third-order valence-corrected chi connectivity index (χ3v) is 3.23. The zero-order valence-corrected chi connectivity index (χ0v) is 10.9. The van der Waals surface area contributed by atoms with Crippen molar-refractivity contribution >= 4 is 0 Å². The van der Waals surface area contributed by atoms with Gasteiger partial charge in [0.1, 0.15) is 0 Å². The highest BCUT2D eigenvalue weighted by Crippen LogP contribution is 2.30. The van der Waals surface area contributed by atoms with Crippen LogP contribution in [0.2, 0.25) is 0 Å². The number of benzene rings is 1. The Hall–Kier alpha value is -0.860. The molecule has 0 bridgehead atoms. The maximum Gasteiger partial charge on any atom is 0.0781 e. The van der Waals surface area contributed by atoms with Gasteiger partial charge in [-0.15, -0.1) is 0 Å². The first kappa shape index (κ1) is 13.2. The highest BCUT2D eigenvalue weighted by molar-refractivity contribution is 5.35. The van der Waals surface area contributed by atoms with E-state index in [0.717, 1.165) is 5.56 Å². The second-order valence-electron chi connectivity index (χ2n) is 5.63. The van der Waals surface area contributed by atoms with Crippen LogP contribution in [0.1, 0.15) is 43.5 Å². The number of aliphatic hydroxyl groups is 1. The van der Waals surface area contributed by atoms with Crippen LogP contribution in [0.4, 0.5) is 0 Å². The first-order valence-electron chi connectivity index (χ1n) is 5.75. The number of aryl methyl sites for hydroxylation is 1. The highest BCUT2D eigenvalue weighted by Gasteiger charge is 2.29. The summed E-state index contributed by atoms with van der Waals surface area (Å²) in [5.74, 6) is 0. The molecule has 2 atom stereocenters. The van der Waals surface area contributed by atoms with Crippen molar-refractivity contribution in [2.45, 2.75) is 46.8 Å². The molecule has 0 unspecified atom stereocenters. The lowest BCUT2D eigenvalue weighted by Crippen LogP contribution is -2.37. The maximum absolute atomic E-state index is 10.2. The van der Waals surface area contributed by atoms with Crippen molar-refractivity contribution in [3.8, 4) is 0 Å². The van der Waals surface area contributed by atoms with Crippen LogP contribution in [-0.2, 0) is 0 Å². The molecule has 1 rings (SSSR count). The van der Waals surface area contributed by atoms with Crippen molar-refractivity contribution in [1.29, 1.82) is 0 Å². The quantitative estimate of drug-likeness (QED) is 0.806. The van der Waals surface area contributed by atoms with E-state index in [1.807, 2.05) is 32.9 Å². The predicted molar refractivity (Wildman–Crippen MR) is 68.3 cm³/mol. The Morgan fingerprint density at radius 3 is 2.25 bits per heavy atom. The van der Waals surface area contributed by atoms with Gasteiger partial charge in [0.05, 0.1) is 12.1 Å². The van der Waals surface area contributed by atoms with Crippen LogP contribution in [-0.4, -0.2) is 11.2 Å². The van der Waals surface area contributed by atoms with Crippen LogP contribution in [0.3, 0.4) is 0 Å². The Balaban J connectivity index is 3.06. The summed E-state index contributed by atoms with van der Waals surface area (Å²) < 4.78 is 0. The van der Waals surface area contributed by atoms with Gasteiger partial charge in [-0.25, -0.2) is 0 Å². The monoisotopic (exact) mass is 221 g/mol. The molecule has 3 N–H and O–H groups in total. The fourth-order valence-corrected chi connectivity index (χ4v) is 1.84. The molecule has 0 aliphatic heterocycles. The van der Waals surface area contributed by atoms with Crippen molar-refractivity contribution in [2.24, 2.45) is 11.1 Å². The van der Waals surface area contributed by atoms with E-state index in [9.17, 15) is 5.11 Å². The van der Waals surface area contributed by atoms with Crippen LogP contribution < -0.4 is 5.73 Å². The molecular weight excluding hydrogens is 198 g/mol. The lowest BCUT2D eigenvalue weighted by atomic mass is 9.81. The number of hydrogen-bond acceptors (Lipinski definition) is 2. The summed E-state index contributed by atoms with van der Waals surface area (Å²) in [7, 11) is 0. The number of rotatable bonds is 2. The molecule has 0 saturated carbocycles. The molecule has 0 spiro atoms. The molecule has 16 heavy (non-hydrogen) atoms. The van der Waals surface area contributed by atoms with Gasteiger partial charge in [0.25, 0.3) is 0 Å². The minimum atomic E-state index is -0.534. The zero-order chi connectivity index (χ0) is 12.5. The van der Waals surface area contributed by atoms with E-state index in [4.69, 9.17) is 5.73 Å². The number of nitrogens with two attached hydrogens (primary N) is 1. The molecule has 0 radical (unpaired) electrons. The molecule has 2 nitrogen and oxygen atoms in total. The molecule has 0 saturated heterocycles. The smallest absolute Gasteiger partial charge is 0.0781 e. The van der Waals surface area contributed by atoms with Gasteiger partial charge >= 0.3 is 0 Å². The Labute approximate surface area is 98.5 Å². The minimum absolute atomic E-state index is 0.199. The lowest BCUT2D eigenvalue weighted by Gasteiger charge is -2.32. The summed E-state index contributed by atoms with van der Waals surface area (Å²) in [4.78, 5) is 0. The van der Waals surface area contributed by atoms with Crippen LogP contribution in [0.25, 0.3) is 0 Å². The van der Waals surface area contributed by atoms with Crippen LogP contribution >= 0.6 is 0 Å². The third kappa shape index (κ3) is 2.63. The normalized spacial score (nSPS) is 15.9. The van der Waals surface area contributed by atoms with Gasteiger partial charge in [0, 0.05) is 0 Å². The fourth-order valence-electron chi connectivity index (χ4n) is 1.84. The van der Waals surface area contributed by atoms with Gasteiger partial charge in [-0.1, -0.05) is 39.0 Å². The van der Waals surface area contributed by atoms with Crippen LogP contribution in [0.5, 0.6) is 0 Å². The van der Waals surface area contributed by atoms with Gasteiger partial charge in [0.15, 0.2) is 0 Å². The minimum Gasteiger partial charge on any atom is -0.391 e. The van der Waals surface area contributed by atoms with E-state index < -0.39 is 6.10 Å². The molecule has 2 heteroatoms. The first-order chi connectivity index (χ1) is 7.25. The van der Waals surface area contributed by atoms with Crippen molar-refractivity contribution in [3.63, 3.8) is 0 Å². The molecule has 1 aromatic rings. The van der Waals surface area contributed by atoms with E-state index in [0.29, 0.717) is 0 Å². The predicted octanol–water partition coefficient (Wildman–Crippen LogP) is 2.71. The topological polar surface area (TPSA) is 46.2 Å². The summed E-state index contributed by atoms with van der Waals surface area (Å²) in [6, 6.07) is 5.74. The summed E-state index contributed by atoms with van der Waals surface area (Å²) >= 11 is 0. The van der Waals surface area contributed by atoms with E-state index in [2.05, 4.69) is 19.9 Å². The van der Waals surface area contributed by atoms with Crippen molar-refractivity contribution in [2.75, 3.05) is 0 Å². The van der Waals surface area contributed by atoms with E-state index >= 15 is 0 Å². The lowest BCUT2D eigenvalue weighted by molar-refractivity contribution is 0.0399. The zero-order valence-electron chi connectivity index (χ0n) is 10.9. The van der Waals surface area contributed by atoms with Crippen molar-refractivity contribution in [3.05, 3.63) is 34.9 Å². The summed E-state index contributed by atoms with van der Waals surface area (Å²) in [6.45, 7) is 10.1. The average Bonchev–Trinajstić information content (AvgIpc) is 2.18. The first-order valence-corrected chi connectivity index (χ1v) is 5.75. The molecule has 0 heterocycles. The Bertz CT molecular complexity index is 365. The molecule has 0 aromatic heterocycles. The summed E-state index contributed by atoms with van der Waals surface area (Å²) in [5.41, 5.74) is 9.39. The van der Waals surface area contributed by atoms with Gasteiger partial charge in [-0.05, 0) is 36.0 Å². The van der Waals surface area contributed by atoms with Gasteiger partial charge < -0.3 is 10.8 Å². The molecule has 1 aromatic carbocycles. The van der Waals surface area contributed by atoms with Crippen LogP contribution in [0, 0.1) is 19.3 Å². The summed E-state index contributed by atoms with van der Waals surface area (Å²) in [5, 5.41) is 10.2. The Morgan fingerprint density at radius 1 is 1.19 bits per heavy atom. The van der Waals surface area contributed by atoms with Crippen molar-refractivity contribution in [1.82, 2.24) is 0 Å². The summed E-state index contributed by atoms with van der Waals surface area (Å²) in [6.07, 6.45) is -0.534. The van der Waals surface area contributed by atoms with E-state index in [1.54, 1.807) is 0 Å². The largest absolute Gasteiger partial charge is 0.391 e. The molecule has 90 valence electrons. The Morgan fingerprint density at radius 2 is 1.75 bits per heavy atom. The highest BCUT2D eigenvalue weighted by atomic mass is 16.3. The van der Waals surface area contributed by atoms with Gasteiger partial charge in [-0.3, -0.25) is 0 Å². The molecule has 0 aliphatic carbocycles. The third-order valence-electron chi connectivity index (χ3n) is 3.23. The molecule has 0 fully saturated rings. The molecule has 0 aliphatic rings. The SMILES string of the molecule is Cc1cccc([C@H](N)[C@H](O)C(C)(C)C)c1C. The number of hydrogen-bond donors (Lipinski definition) is 2. The van der Waals surface area contributed by atoms with Crippen molar-refractivity contribution < 1.29 is 5.11 Å². The maximum atomic E-state index is 10.2. The van der Waals surface area contributed by atoms with Gasteiger partial charge in [-0.2, -0.15) is 0 Å². The molecule has 0 amide bonds. The van der Waals surface area contributed by atoms with Crippen LogP contribution in [0.15, 0.2) is 18.2 Å². The molecular formula is C14H23NO. The Kier molecular flexibility index (Phi) is 3.76. The second kappa shape index (κ2) is 4.56. The van der Waals surface area contributed by atoms with Gasteiger partial charge in [0.2, 0.25) is 0 Å². The number of aliphatic hydroxyl groups excluding tert-OH is 1.